The van der Waals surface area contributed by atoms with Crippen molar-refractivity contribution in [2.75, 3.05) is 5.75 Å². The van der Waals surface area contributed by atoms with Crippen molar-refractivity contribution in [3.05, 3.63) is 0 Å². The molecule has 0 aromatic rings. The predicted molar refractivity (Wildman–Crippen MR) is 27.7 cm³/mol. The number of halogens is 3. The molecule has 2 nitrogen and oxygen atoms in total. The number of Topliss-reactive ketones (excluding diaryl/α,β-unsaturated/α-hetero) is 1. The monoisotopic (exact) mass is 159 g/mol. The summed E-state index contributed by atoms with van der Waals surface area (Å²) in [5, 5.41) is 4.62. The highest BCUT2D eigenvalue weighted by Crippen LogP contribution is 2.16. The zero-order chi connectivity index (χ0) is 7.49. The summed E-state index contributed by atoms with van der Waals surface area (Å²) >= 11 is 0.367. The third kappa shape index (κ3) is 3.36. The second-order valence-electron chi connectivity index (χ2n) is 1.23. The van der Waals surface area contributed by atoms with Crippen LogP contribution in [0.1, 0.15) is 0 Å². The summed E-state index contributed by atoms with van der Waals surface area (Å²) in [6, 6.07) is 0. The first-order valence-electron chi connectivity index (χ1n) is 1.90. The average Bonchev–Trinajstić information content (AvgIpc) is 1.64. The average molecular weight is 159 g/mol. The van der Waals surface area contributed by atoms with Crippen LogP contribution in [0.15, 0.2) is 0 Å². The number of ketones is 1. The van der Waals surface area contributed by atoms with E-state index >= 15 is 0 Å². The highest BCUT2D eigenvalue weighted by Gasteiger charge is 2.37. The summed E-state index contributed by atoms with van der Waals surface area (Å²) in [4.78, 5) is 9.84. The third-order valence-electron chi connectivity index (χ3n) is 0.531. The quantitative estimate of drug-likeness (QED) is 0.604. The van der Waals surface area contributed by atoms with E-state index in [-0.39, 0.29) is 0 Å². The zero-order valence-electron chi connectivity index (χ0n) is 4.23. The van der Waals surface area contributed by atoms with E-state index in [0.29, 0.717) is 11.9 Å². The molecule has 0 aromatic carbocycles. The van der Waals surface area contributed by atoms with Gasteiger partial charge in [0.1, 0.15) is 0 Å². The van der Waals surface area contributed by atoms with Gasteiger partial charge in [-0.3, -0.25) is 9.93 Å². The van der Waals surface area contributed by atoms with E-state index in [4.69, 9.17) is 0 Å². The largest absolute Gasteiger partial charge is 0.450 e. The molecule has 0 aromatic heterocycles. The Balaban J connectivity index is 3.74. The van der Waals surface area contributed by atoms with Gasteiger partial charge >= 0.3 is 6.18 Å². The fraction of sp³-hybridized carbons (Fsp3) is 0.667. The van der Waals surface area contributed by atoms with Crippen LogP contribution in [0.4, 0.5) is 13.2 Å². The Morgan fingerprint density at radius 2 is 2.00 bits per heavy atom. The van der Waals surface area contributed by atoms with E-state index in [1.165, 1.54) is 0 Å². The molecule has 0 unspecified atom stereocenters. The first-order valence-corrected chi connectivity index (χ1v) is 2.95. The van der Waals surface area contributed by atoms with Gasteiger partial charge in [-0.25, -0.2) is 0 Å². The number of alkyl halides is 3. The minimum atomic E-state index is -4.73. The maximum absolute atomic E-state index is 11.2. The minimum Gasteiger partial charge on any atom is -0.289 e. The summed E-state index contributed by atoms with van der Waals surface area (Å²) in [6.45, 7) is 0. The van der Waals surface area contributed by atoms with Gasteiger partial charge in [-0.05, 0) is 0 Å². The van der Waals surface area contributed by atoms with Gasteiger partial charge in [0.05, 0.1) is 5.75 Å². The molecule has 0 bridgehead atoms. The highest BCUT2D eigenvalue weighted by molar-refractivity contribution is 7.97. The first kappa shape index (κ1) is 8.77. The second-order valence-corrected chi connectivity index (χ2v) is 1.85. The molecule has 0 saturated heterocycles. The molecule has 0 spiro atoms. The molecular formula is C3H4F3NOS. The predicted octanol–water partition coefficient (Wildman–Crippen LogP) is 0.725. The van der Waals surface area contributed by atoms with E-state index in [9.17, 15) is 18.0 Å². The van der Waals surface area contributed by atoms with Gasteiger partial charge in [0.15, 0.2) is 0 Å². The Morgan fingerprint density at radius 1 is 1.56 bits per heavy atom. The molecular weight excluding hydrogens is 155 g/mol. The number of hydrogen-bond donors (Lipinski definition) is 1. The molecule has 0 heterocycles. The smallest absolute Gasteiger partial charge is 0.289 e. The standard InChI is InChI=1S/C3H4F3NOS/c4-3(5,6)2(8)1-9-7/h1,7H2. The van der Waals surface area contributed by atoms with Crippen molar-refractivity contribution in [3.8, 4) is 0 Å². The van der Waals surface area contributed by atoms with Crippen molar-refractivity contribution in [2.24, 2.45) is 5.14 Å². The molecule has 9 heavy (non-hydrogen) atoms. The molecule has 0 aliphatic heterocycles. The van der Waals surface area contributed by atoms with Gasteiger partial charge in [0.2, 0.25) is 5.78 Å². The minimum absolute atomic E-state index is 0.367. The molecule has 0 aliphatic carbocycles. The van der Waals surface area contributed by atoms with Crippen LogP contribution in [0, 0.1) is 0 Å². The van der Waals surface area contributed by atoms with Crippen molar-refractivity contribution in [3.63, 3.8) is 0 Å². The lowest BCUT2D eigenvalue weighted by atomic mass is 10.4. The van der Waals surface area contributed by atoms with Crippen LogP contribution in [0.5, 0.6) is 0 Å². The third-order valence-corrected chi connectivity index (χ3v) is 0.959. The second kappa shape index (κ2) is 3.07. The molecule has 0 amide bonds. The van der Waals surface area contributed by atoms with Gasteiger partial charge in [-0.1, -0.05) is 11.9 Å². The summed E-state index contributed by atoms with van der Waals surface area (Å²) in [5.74, 6) is -2.50. The van der Waals surface area contributed by atoms with Crippen LogP contribution < -0.4 is 5.14 Å². The molecule has 0 rings (SSSR count). The van der Waals surface area contributed by atoms with Gasteiger partial charge in [0.25, 0.3) is 0 Å². The summed E-state index contributed by atoms with van der Waals surface area (Å²) in [7, 11) is 0. The lowest BCUT2D eigenvalue weighted by Gasteiger charge is -2.00. The number of nitrogens with two attached hydrogens (primary N) is 1. The summed E-state index contributed by atoms with van der Waals surface area (Å²) in [6.07, 6.45) is -4.73. The maximum Gasteiger partial charge on any atom is 0.450 e. The van der Waals surface area contributed by atoms with Crippen molar-refractivity contribution in [1.82, 2.24) is 0 Å². The number of rotatable bonds is 2. The Bertz CT molecular complexity index is 112. The topological polar surface area (TPSA) is 43.1 Å². The summed E-state index contributed by atoms with van der Waals surface area (Å²) in [5.41, 5.74) is 0. The van der Waals surface area contributed by atoms with Crippen molar-refractivity contribution in [2.45, 2.75) is 6.18 Å². The number of carbonyl (C=O) groups is 1. The normalized spacial score (nSPS) is 11.6. The zero-order valence-corrected chi connectivity index (χ0v) is 5.05. The van der Waals surface area contributed by atoms with Crippen LogP contribution in [0.3, 0.4) is 0 Å². The van der Waals surface area contributed by atoms with E-state index < -0.39 is 17.7 Å². The Labute approximate surface area is 53.7 Å². The Hall–Kier alpha value is -0.230. The highest BCUT2D eigenvalue weighted by atomic mass is 32.2. The molecule has 0 aliphatic rings. The maximum atomic E-state index is 11.2. The molecule has 2 N–H and O–H groups in total. The van der Waals surface area contributed by atoms with Crippen LogP contribution in [0.2, 0.25) is 0 Å². The van der Waals surface area contributed by atoms with Crippen LogP contribution in [0.25, 0.3) is 0 Å². The van der Waals surface area contributed by atoms with Gasteiger partial charge in [-0.2, -0.15) is 13.2 Å². The fourth-order valence-corrected chi connectivity index (χ4v) is 0.473. The summed E-state index contributed by atoms with van der Waals surface area (Å²) < 4.78 is 33.7. The van der Waals surface area contributed by atoms with Crippen LogP contribution in [-0.4, -0.2) is 17.7 Å². The lowest BCUT2D eigenvalue weighted by molar-refractivity contribution is -0.167. The first-order chi connectivity index (χ1) is 3.98. The van der Waals surface area contributed by atoms with Gasteiger partial charge in [-0.15, -0.1) is 0 Å². The van der Waals surface area contributed by atoms with Gasteiger partial charge in [0, 0.05) is 0 Å². The van der Waals surface area contributed by atoms with Crippen molar-refractivity contribution < 1.29 is 18.0 Å². The Morgan fingerprint density at radius 3 is 2.11 bits per heavy atom. The number of carbonyl (C=O) groups excluding carboxylic acids is 1. The fourth-order valence-electron chi connectivity index (χ4n) is 0.158. The van der Waals surface area contributed by atoms with Crippen LogP contribution >= 0.6 is 11.9 Å². The van der Waals surface area contributed by atoms with Gasteiger partial charge < -0.3 is 0 Å². The Kier molecular flexibility index (Phi) is 2.99. The lowest BCUT2D eigenvalue weighted by Crippen LogP contribution is -2.25. The molecule has 0 fully saturated rings. The molecule has 54 valence electrons. The van der Waals surface area contributed by atoms with Crippen molar-refractivity contribution in [1.29, 1.82) is 0 Å². The molecule has 0 atom stereocenters. The van der Waals surface area contributed by atoms with E-state index in [1.54, 1.807) is 0 Å². The van der Waals surface area contributed by atoms with Crippen molar-refractivity contribution >= 4 is 17.7 Å². The van der Waals surface area contributed by atoms with E-state index in [2.05, 4.69) is 5.14 Å². The van der Waals surface area contributed by atoms with E-state index in [1.807, 2.05) is 0 Å². The SMILES string of the molecule is NSCC(=O)C(F)(F)F. The van der Waals surface area contributed by atoms with E-state index in [0.717, 1.165) is 0 Å². The molecule has 0 radical (unpaired) electrons. The molecule has 6 heteroatoms. The number of hydrogen-bond acceptors (Lipinski definition) is 3. The molecule has 0 saturated carbocycles. The van der Waals surface area contributed by atoms with Crippen LogP contribution in [-0.2, 0) is 4.79 Å².